The Morgan fingerprint density at radius 1 is 0.973 bits per heavy atom. The summed E-state index contributed by atoms with van der Waals surface area (Å²) in [4.78, 5) is 15.1. The number of nitrogens with zero attached hydrogens (tertiary/aromatic N) is 6. The maximum atomic E-state index is 12.8. The topological polar surface area (TPSA) is 79.8 Å². The van der Waals surface area contributed by atoms with E-state index in [1.807, 2.05) is 51.4 Å². The van der Waals surface area contributed by atoms with Crippen LogP contribution in [0.25, 0.3) is 5.69 Å². The molecule has 0 saturated carbocycles. The third kappa shape index (κ3) is 4.78. The number of benzene rings is 2. The number of aromatic nitrogens is 6. The molecule has 9 heteroatoms. The molecule has 1 aliphatic heterocycles. The SMILES string of the molecule is Cc1nn(-c2ccc(Sc3cccc(C4(c5nncn5C(C)C)CCOCC4)c3)cc2)c(=O)n1C(C)C. The second kappa shape index (κ2) is 10.3. The van der Waals surface area contributed by atoms with Gasteiger partial charge in [-0.05, 0) is 89.4 Å². The van der Waals surface area contributed by atoms with E-state index in [0.29, 0.717) is 19.0 Å². The molecular formula is C28H34N6O2S. The maximum Gasteiger partial charge on any atom is 0.350 e. The van der Waals surface area contributed by atoms with Crippen LogP contribution in [0.5, 0.6) is 0 Å². The van der Waals surface area contributed by atoms with Gasteiger partial charge in [-0.25, -0.2) is 4.79 Å². The molecule has 0 atom stereocenters. The van der Waals surface area contributed by atoms with Gasteiger partial charge in [0.1, 0.15) is 18.0 Å². The molecule has 8 nitrogen and oxygen atoms in total. The molecular weight excluding hydrogens is 484 g/mol. The molecule has 0 bridgehead atoms. The smallest absolute Gasteiger partial charge is 0.350 e. The monoisotopic (exact) mass is 518 g/mol. The van der Waals surface area contributed by atoms with Crippen LogP contribution in [0, 0.1) is 6.92 Å². The van der Waals surface area contributed by atoms with Crippen LogP contribution in [-0.4, -0.2) is 42.3 Å². The van der Waals surface area contributed by atoms with Crippen LogP contribution in [0.15, 0.2) is 69.4 Å². The standard InChI is InChI=1S/C28H34N6O2S/c1-19(2)32-18-29-30-26(32)28(13-15-36-16-14-28)22-7-6-8-25(17-22)37-24-11-9-23(10-12-24)34-27(35)33(20(3)4)21(5)31-34/h6-12,17-20H,13-16H2,1-5H3. The summed E-state index contributed by atoms with van der Waals surface area (Å²) in [5.41, 5.74) is 1.67. The van der Waals surface area contributed by atoms with E-state index in [1.54, 1.807) is 16.3 Å². The normalized spacial score (nSPS) is 15.5. The summed E-state index contributed by atoms with van der Waals surface area (Å²) in [5, 5.41) is 13.3. The Morgan fingerprint density at radius 2 is 1.70 bits per heavy atom. The Balaban J connectivity index is 1.43. The number of hydrogen-bond donors (Lipinski definition) is 0. The van der Waals surface area contributed by atoms with E-state index in [4.69, 9.17) is 4.74 Å². The van der Waals surface area contributed by atoms with Gasteiger partial charge in [0.05, 0.1) is 11.1 Å². The molecule has 4 aromatic rings. The van der Waals surface area contributed by atoms with Crippen molar-refractivity contribution in [2.75, 3.05) is 13.2 Å². The summed E-state index contributed by atoms with van der Waals surface area (Å²) in [6.45, 7) is 11.6. The first-order chi connectivity index (χ1) is 17.8. The Labute approximate surface area is 221 Å². The average Bonchev–Trinajstić information content (AvgIpc) is 3.50. The molecule has 0 amide bonds. The lowest BCUT2D eigenvalue weighted by molar-refractivity contribution is 0.0588. The van der Waals surface area contributed by atoms with Crippen LogP contribution in [0.3, 0.4) is 0 Å². The van der Waals surface area contributed by atoms with Crippen molar-refractivity contribution in [3.8, 4) is 5.69 Å². The van der Waals surface area contributed by atoms with Crippen LogP contribution in [0.2, 0.25) is 0 Å². The molecule has 0 radical (unpaired) electrons. The fraction of sp³-hybridized carbons (Fsp3) is 0.429. The molecule has 0 aliphatic carbocycles. The van der Waals surface area contributed by atoms with Crippen molar-refractivity contribution in [3.05, 3.63) is 82.6 Å². The van der Waals surface area contributed by atoms with E-state index in [-0.39, 0.29) is 23.2 Å². The Kier molecular flexibility index (Phi) is 7.09. The van der Waals surface area contributed by atoms with Gasteiger partial charge in [0.25, 0.3) is 0 Å². The van der Waals surface area contributed by atoms with Crippen molar-refractivity contribution in [1.82, 2.24) is 29.1 Å². The number of ether oxygens (including phenoxy) is 1. The fourth-order valence-electron chi connectivity index (χ4n) is 5.21. The Bertz CT molecular complexity index is 1430. The zero-order chi connectivity index (χ0) is 26.2. The minimum atomic E-state index is -0.228. The van der Waals surface area contributed by atoms with E-state index in [9.17, 15) is 4.79 Å². The molecule has 1 fully saturated rings. The van der Waals surface area contributed by atoms with E-state index >= 15 is 0 Å². The molecule has 3 heterocycles. The van der Waals surface area contributed by atoms with Gasteiger partial charge in [0.2, 0.25) is 0 Å². The van der Waals surface area contributed by atoms with Crippen molar-refractivity contribution >= 4 is 11.8 Å². The highest BCUT2D eigenvalue weighted by Crippen LogP contribution is 2.42. The minimum absolute atomic E-state index is 0.0664. The van der Waals surface area contributed by atoms with Crippen LogP contribution < -0.4 is 5.69 Å². The number of rotatable bonds is 7. The average molecular weight is 519 g/mol. The van der Waals surface area contributed by atoms with E-state index in [0.717, 1.165) is 34.1 Å². The van der Waals surface area contributed by atoms with Gasteiger partial charge in [0, 0.05) is 35.1 Å². The third-order valence-electron chi connectivity index (χ3n) is 7.10. The maximum absolute atomic E-state index is 12.8. The molecule has 2 aromatic heterocycles. The number of aryl methyl sites for hydroxylation is 1. The first-order valence-electron chi connectivity index (χ1n) is 12.8. The Hall–Kier alpha value is -3.17. The summed E-state index contributed by atoms with van der Waals surface area (Å²) in [7, 11) is 0. The van der Waals surface area contributed by atoms with E-state index in [2.05, 4.69) is 58.0 Å². The highest BCUT2D eigenvalue weighted by atomic mass is 32.2. The molecule has 1 aliphatic rings. The second-order valence-electron chi connectivity index (χ2n) is 10.2. The largest absolute Gasteiger partial charge is 0.381 e. The zero-order valence-electron chi connectivity index (χ0n) is 22.1. The molecule has 2 aromatic carbocycles. The molecule has 194 valence electrons. The van der Waals surface area contributed by atoms with Crippen LogP contribution in [0.4, 0.5) is 0 Å². The van der Waals surface area contributed by atoms with Crippen molar-refractivity contribution < 1.29 is 4.74 Å². The molecule has 0 spiro atoms. The van der Waals surface area contributed by atoms with Gasteiger partial charge in [-0.15, -0.1) is 10.2 Å². The second-order valence-corrected chi connectivity index (χ2v) is 11.3. The number of hydrogen-bond acceptors (Lipinski definition) is 6. The molecule has 0 unspecified atom stereocenters. The zero-order valence-corrected chi connectivity index (χ0v) is 22.9. The fourth-order valence-corrected chi connectivity index (χ4v) is 6.09. The third-order valence-corrected chi connectivity index (χ3v) is 8.10. The van der Waals surface area contributed by atoms with Crippen molar-refractivity contribution in [3.63, 3.8) is 0 Å². The van der Waals surface area contributed by atoms with Gasteiger partial charge < -0.3 is 9.30 Å². The predicted octanol–water partition coefficient (Wildman–Crippen LogP) is 5.34. The molecule has 5 rings (SSSR count). The molecule has 1 saturated heterocycles. The van der Waals surface area contributed by atoms with Crippen LogP contribution >= 0.6 is 11.8 Å². The minimum Gasteiger partial charge on any atom is -0.381 e. The van der Waals surface area contributed by atoms with Crippen LogP contribution in [-0.2, 0) is 10.2 Å². The molecule has 37 heavy (non-hydrogen) atoms. The highest BCUT2D eigenvalue weighted by Gasteiger charge is 2.41. The summed E-state index contributed by atoms with van der Waals surface area (Å²) < 4.78 is 11.1. The van der Waals surface area contributed by atoms with Crippen molar-refractivity contribution in [2.45, 2.75) is 74.7 Å². The van der Waals surface area contributed by atoms with E-state index in [1.165, 1.54) is 10.2 Å². The van der Waals surface area contributed by atoms with Crippen LogP contribution in [0.1, 0.15) is 69.8 Å². The summed E-state index contributed by atoms with van der Waals surface area (Å²) in [6.07, 6.45) is 3.59. The lowest BCUT2D eigenvalue weighted by Gasteiger charge is -2.37. The first-order valence-corrected chi connectivity index (χ1v) is 13.7. The summed E-state index contributed by atoms with van der Waals surface area (Å²) >= 11 is 1.71. The quantitative estimate of drug-likeness (QED) is 0.328. The lowest BCUT2D eigenvalue weighted by atomic mass is 9.73. The van der Waals surface area contributed by atoms with Gasteiger partial charge in [-0.2, -0.15) is 9.78 Å². The van der Waals surface area contributed by atoms with Crippen molar-refractivity contribution in [1.29, 1.82) is 0 Å². The van der Waals surface area contributed by atoms with E-state index < -0.39 is 0 Å². The van der Waals surface area contributed by atoms with Gasteiger partial charge >= 0.3 is 5.69 Å². The molecule has 0 N–H and O–H groups in total. The summed E-state index contributed by atoms with van der Waals surface area (Å²) in [6, 6.07) is 17.1. The predicted molar refractivity (Wildman–Crippen MR) is 145 cm³/mol. The van der Waals surface area contributed by atoms with Crippen molar-refractivity contribution in [2.24, 2.45) is 0 Å². The summed E-state index contributed by atoms with van der Waals surface area (Å²) in [5.74, 6) is 1.73. The van der Waals surface area contributed by atoms with Gasteiger partial charge in [-0.3, -0.25) is 4.57 Å². The van der Waals surface area contributed by atoms with Gasteiger partial charge in [0.15, 0.2) is 0 Å². The Morgan fingerprint density at radius 3 is 2.35 bits per heavy atom. The highest BCUT2D eigenvalue weighted by molar-refractivity contribution is 7.99. The van der Waals surface area contributed by atoms with Gasteiger partial charge in [-0.1, -0.05) is 23.9 Å². The lowest BCUT2D eigenvalue weighted by Crippen LogP contribution is -2.38. The first kappa shape index (κ1) is 25.5.